The Kier molecular flexibility index (Phi) is 19.4. The Morgan fingerprint density at radius 2 is 1.22 bits per heavy atom. The lowest BCUT2D eigenvalue weighted by Gasteiger charge is -2.72. The molecule has 9 aliphatic rings. The Bertz CT molecular complexity index is 2440. The van der Waals surface area contributed by atoms with Crippen molar-refractivity contribution in [1.29, 1.82) is 0 Å². The normalized spacial score (nSPS) is 51.4. The largest absolute Gasteiger partial charge is 0.462 e. The molecule has 25 heteroatoms. The number of allylic oxidation sites excluding steroid dienone is 3. The average molecular weight is 1220 g/mol. The zero-order chi connectivity index (χ0) is 62.6. The molecule has 4 aliphatic heterocycles. The van der Waals surface area contributed by atoms with Gasteiger partial charge in [-0.05, 0) is 105 Å². The van der Waals surface area contributed by atoms with Gasteiger partial charge in [-0.2, -0.15) is 0 Å². The van der Waals surface area contributed by atoms with Gasteiger partial charge < -0.3 is 114 Å². The van der Waals surface area contributed by atoms with Gasteiger partial charge in [-0.3, -0.25) is 4.79 Å². The summed E-state index contributed by atoms with van der Waals surface area (Å²) in [6.07, 6.45) is -28.1. The fourth-order valence-corrected chi connectivity index (χ4v) is 17.4. The van der Waals surface area contributed by atoms with E-state index in [-0.39, 0.29) is 17.3 Å². The van der Waals surface area contributed by atoms with Crippen LogP contribution in [0.25, 0.3) is 0 Å². The zero-order valence-electron chi connectivity index (χ0n) is 50.7. The number of aliphatic hydroxyl groups is 13. The minimum absolute atomic E-state index is 0.0130. The third-order valence-corrected chi connectivity index (χ3v) is 22.7. The van der Waals surface area contributed by atoms with E-state index < -0.39 is 212 Å². The molecule has 0 radical (unpaired) electrons. The molecular weight excluding hydrogens is 1120 g/mol. The maximum atomic E-state index is 13.4. The van der Waals surface area contributed by atoms with E-state index in [1.165, 1.54) is 13.8 Å². The molecule has 4 saturated heterocycles. The number of rotatable bonds is 14. The first-order valence-corrected chi connectivity index (χ1v) is 30.3. The summed E-state index contributed by atoms with van der Waals surface area (Å²) in [6.45, 7) is 18.5. The number of fused-ring (bicyclic) bond motifs is 7. The van der Waals surface area contributed by atoms with E-state index in [4.69, 9.17) is 47.4 Å². The first-order valence-electron chi connectivity index (χ1n) is 30.3. The van der Waals surface area contributed by atoms with Gasteiger partial charge in [0.05, 0.1) is 44.1 Å². The second kappa shape index (κ2) is 24.7. The van der Waals surface area contributed by atoms with E-state index in [1.807, 2.05) is 13.8 Å². The molecule has 0 unspecified atom stereocenters. The van der Waals surface area contributed by atoms with Crippen molar-refractivity contribution in [2.75, 3.05) is 26.4 Å². The van der Waals surface area contributed by atoms with Crippen molar-refractivity contribution in [2.45, 2.75) is 262 Å². The van der Waals surface area contributed by atoms with Crippen LogP contribution in [-0.2, 0) is 57.0 Å². The van der Waals surface area contributed by atoms with Crippen LogP contribution in [0.2, 0.25) is 0 Å². The average Bonchev–Trinajstić information content (AvgIpc) is 0.713. The van der Waals surface area contributed by atoms with Gasteiger partial charge in [-0.25, -0.2) is 4.79 Å². The maximum absolute atomic E-state index is 13.4. The molecule has 0 amide bonds. The van der Waals surface area contributed by atoms with E-state index in [1.54, 1.807) is 19.9 Å². The van der Waals surface area contributed by atoms with Gasteiger partial charge in [-0.15, -0.1) is 0 Å². The lowest BCUT2D eigenvalue weighted by Crippen LogP contribution is -2.72. The van der Waals surface area contributed by atoms with Crippen LogP contribution in [0.5, 0.6) is 0 Å². The third-order valence-electron chi connectivity index (χ3n) is 22.7. The summed E-state index contributed by atoms with van der Waals surface area (Å²) < 4.78 is 61.7. The van der Waals surface area contributed by atoms with Crippen molar-refractivity contribution in [3.63, 3.8) is 0 Å². The number of hydrogen-bond donors (Lipinski definition) is 13. The molecule has 30 atom stereocenters. The molecule has 5 aliphatic carbocycles. The molecule has 4 heterocycles. The summed E-state index contributed by atoms with van der Waals surface area (Å²) in [5.74, 6) is -1.57. The molecule has 85 heavy (non-hydrogen) atoms. The topological polar surface area (TPSA) is 389 Å². The second-order valence-corrected chi connectivity index (χ2v) is 28.0. The number of esters is 2. The van der Waals surface area contributed by atoms with Crippen LogP contribution in [0.4, 0.5) is 0 Å². The van der Waals surface area contributed by atoms with Gasteiger partial charge in [0, 0.05) is 17.9 Å². The summed E-state index contributed by atoms with van der Waals surface area (Å²) in [7, 11) is 0. The predicted molar refractivity (Wildman–Crippen MR) is 292 cm³/mol. The summed E-state index contributed by atoms with van der Waals surface area (Å²) in [6, 6.07) is 0. The van der Waals surface area contributed by atoms with E-state index in [2.05, 4.69) is 40.7 Å². The molecule has 0 spiro atoms. The first kappa shape index (κ1) is 67.0. The van der Waals surface area contributed by atoms with E-state index in [0.717, 1.165) is 12.0 Å². The molecule has 0 bridgehead atoms. The Hall–Kier alpha value is -2.42. The second-order valence-electron chi connectivity index (χ2n) is 28.0. The van der Waals surface area contributed by atoms with Gasteiger partial charge in [0.1, 0.15) is 104 Å². The highest BCUT2D eigenvalue weighted by atomic mass is 16.8. The molecule has 0 aromatic carbocycles. The minimum Gasteiger partial charge on any atom is -0.462 e. The fraction of sp³-hybridized carbons (Fsp3) is 0.900. The Labute approximate surface area is 496 Å². The SMILES string of the molecule is C/C=C(/C)C(=O)O[C@H]1[C@H](O)[C@]2(CO)[C@H](OC(C)=O)C[C@]3(C)C(=CC[C@@H]4[C@@]5(C)CC[C@H](O[C@@H]6OC[C@H](O[C@@H]7O[C@H](CO)[C@@H](O)[C@H](O)[C@H]7O)[C@H](O)[C@H]6O[C@@H]6O[C@H](CO)[C@@H](O)[C@H](O)[C@H]6O[C@@H]6O[C@@H](C)[C@H](O)[C@@H](O)[C@H]6O)C(C)(C)[C@@H]5CC[C@]43C)[C@@H]2CC1(C)C. The number of ether oxygens (including phenoxy) is 10. The number of hydrogen-bond acceptors (Lipinski definition) is 25. The van der Waals surface area contributed by atoms with Crippen LogP contribution >= 0.6 is 0 Å². The van der Waals surface area contributed by atoms with Crippen molar-refractivity contribution in [2.24, 2.45) is 50.2 Å². The molecule has 13 N–H and O–H groups in total. The Balaban J connectivity index is 1.02. The maximum Gasteiger partial charge on any atom is 0.333 e. The first-order chi connectivity index (χ1) is 39.7. The van der Waals surface area contributed by atoms with Crippen LogP contribution in [-0.4, -0.2) is 246 Å². The van der Waals surface area contributed by atoms with Gasteiger partial charge in [0.25, 0.3) is 0 Å². The van der Waals surface area contributed by atoms with Crippen LogP contribution in [0.1, 0.15) is 121 Å². The zero-order valence-corrected chi connectivity index (χ0v) is 50.7. The van der Waals surface area contributed by atoms with Crippen LogP contribution in [0.3, 0.4) is 0 Å². The molecular formula is C60H96O25. The molecule has 8 fully saturated rings. The van der Waals surface area contributed by atoms with Crippen molar-refractivity contribution in [3.8, 4) is 0 Å². The summed E-state index contributed by atoms with van der Waals surface area (Å²) in [5.41, 5.74) is -2.75. The van der Waals surface area contributed by atoms with Gasteiger partial charge >= 0.3 is 11.9 Å². The highest BCUT2D eigenvalue weighted by Gasteiger charge is 2.74. The van der Waals surface area contributed by atoms with E-state index in [0.29, 0.717) is 44.1 Å². The molecule has 486 valence electrons. The van der Waals surface area contributed by atoms with Gasteiger partial charge in [-0.1, -0.05) is 66.2 Å². The summed E-state index contributed by atoms with van der Waals surface area (Å²) in [4.78, 5) is 26.6. The quantitative estimate of drug-likeness (QED) is 0.0434. The summed E-state index contributed by atoms with van der Waals surface area (Å²) in [5, 5.41) is 144. The Morgan fingerprint density at radius 1 is 0.635 bits per heavy atom. The van der Waals surface area contributed by atoms with Gasteiger partial charge in [0.15, 0.2) is 25.2 Å². The van der Waals surface area contributed by atoms with Crippen molar-refractivity contribution in [1.82, 2.24) is 0 Å². The fourth-order valence-electron chi connectivity index (χ4n) is 17.4. The molecule has 4 saturated carbocycles. The lowest BCUT2D eigenvalue weighted by atomic mass is 9.33. The monoisotopic (exact) mass is 1220 g/mol. The number of carbonyl (C=O) groups is 2. The molecule has 9 rings (SSSR count). The van der Waals surface area contributed by atoms with Crippen LogP contribution in [0.15, 0.2) is 23.3 Å². The standard InChI is InChI=1S/C60H96O25/c1-12-25(2)50(75)85-49-48(74)60(24-63)29(19-55(49,5)6)28-13-14-34-57(9)17-16-35(56(7,8)33(57)15-18-58(34,10)59(28,11)20-36(60)78-27(4)64)82-53-46(40(68)32(23-76-53)81-52-45(73)42(70)38(66)30(21-61)79-52)84-54-47(43(71)39(67)31(22-62)80-54)83-51-44(72)41(69)37(65)26(3)77-51/h12-13,26,29-49,51-54,61-63,65-74H,14-24H2,1-11H3/b25-12-/t26-,29-,30+,31+,32-,33-,34+,35-,36+,37-,38+,39+,40-,41+,42-,43-,44+,45+,46+,47+,48-,49-,51-,52-,53-,54-,57-,58+,59+,60-/m0/s1. The van der Waals surface area contributed by atoms with Crippen LogP contribution in [0, 0.1) is 50.2 Å². The Morgan fingerprint density at radius 3 is 1.84 bits per heavy atom. The summed E-state index contributed by atoms with van der Waals surface area (Å²) >= 11 is 0. The smallest absolute Gasteiger partial charge is 0.333 e. The number of aliphatic hydroxyl groups excluding tert-OH is 13. The van der Waals surface area contributed by atoms with E-state index in [9.17, 15) is 76.0 Å². The lowest BCUT2D eigenvalue weighted by molar-refractivity contribution is -0.398. The molecule has 25 nitrogen and oxygen atoms in total. The third kappa shape index (κ3) is 11.1. The van der Waals surface area contributed by atoms with Crippen LogP contribution < -0.4 is 0 Å². The highest BCUT2D eigenvalue weighted by molar-refractivity contribution is 5.87. The van der Waals surface area contributed by atoms with Crippen molar-refractivity contribution in [3.05, 3.63) is 23.3 Å². The van der Waals surface area contributed by atoms with Crippen molar-refractivity contribution >= 4 is 11.9 Å². The van der Waals surface area contributed by atoms with Gasteiger partial charge in [0.2, 0.25) is 0 Å². The molecule has 0 aromatic rings. The molecule has 0 aromatic heterocycles. The highest BCUT2D eigenvalue weighted by Crippen LogP contribution is 2.76. The van der Waals surface area contributed by atoms with Crippen molar-refractivity contribution < 1.29 is 123 Å². The van der Waals surface area contributed by atoms with E-state index >= 15 is 0 Å². The minimum atomic E-state index is -1.94. The number of carbonyl (C=O) groups excluding carboxylic acids is 2. The predicted octanol–water partition coefficient (Wildman–Crippen LogP) is -0.895.